The van der Waals surface area contributed by atoms with E-state index < -0.39 is 6.09 Å². The molecule has 2 aromatic heterocycles. The van der Waals surface area contributed by atoms with Gasteiger partial charge in [0, 0.05) is 32.2 Å². The second-order valence-electron chi connectivity index (χ2n) is 6.29. The van der Waals surface area contributed by atoms with Crippen LogP contribution in [0.5, 0.6) is 0 Å². The van der Waals surface area contributed by atoms with Crippen LogP contribution in [0.15, 0.2) is 11.4 Å². The fourth-order valence-corrected chi connectivity index (χ4v) is 4.21. The normalized spacial score (nSPS) is 19.4. The zero-order chi connectivity index (χ0) is 17.2. The Morgan fingerprint density at radius 3 is 2.68 bits per heavy atom. The van der Waals surface area contributed by atoms with Crippen LogP contribution in [-0.2, 0) is 4.74 Å². The van der Waals surface area contributed by atoms with E-state index in [2.05, 4.69) is 20.5 Å². The Bertz CT molecular complexity index is 753. The molecular formula is C16H21N5O3S. The fourth-order valence-electron chi connectivity index (χ4n) is 3.37. The van der Waals surface area contributed by atoms with Gasteiger partial charge in [-0.05, 0) is 24.3 Å². The van der Waals surface area contributed by atoms with Crippen LogP contribution in [0.3, 0.4) is 0 Å². The molecule has 25 heavy (non-hydrogen) atoms. The molecule has 2 aromatic rings. The molecule has 4 heterocycles. The van der Waals surface area contributed by atoms with Gasteiger partial charge in [0.05, 0.1) is 23.4 Å². The maximum absolute atomic E-state index is 10.8. The van der Waals surface area contributed by atoms with Crippen molar-refractivity contribution in [2.45, 2.75) is 18.9 Å². The van der Waals surface area contributed by atoms with E-state index in [1.54, 1.807) is 11.3 Å². The molecule has 8 nitrogen and oxygen atoms in total. The molecule has 4 rings (SSSR count). The van der Waals surface area contributed by atoms with Crippen LogP contribution in [0.2, 0.25) is 0 Å². The number of aromatic nitrogens is 2. The van der Waals surface area contributed by atoms with E-state index in [0.717, 1.165) is 74.2 Å². The first-order valence-corrected chi connectivity index (χ1v) is 9.41. The fraction of sp³-hybridized carbons (Fsp3) is 0.562. The van der Waals surface area contributed by atoms with E-state index in [0.29, 0.717) is 0 Å². The zero-order valence-electron chi connectivity index (χ0n) is 13.8. The number of carbonyl (C=O) groups is 1. The summed E-state index contributed by atoms with van der Waals surface area (Å²) in [6.45, 7) is 4.63. The third kappa shape index (κ3) is 3.47. The molecule has 0 radical (unpaired) electrons. The van der Waals surface area contributed by atoms with Crippen molar-refractivity contribution in [3.63, 3.8) is 0 Å². The Kier molecular flexibility index (Phi) is 4.58. The molecule has 9 heteroatoms. The molecule has 0 spiro atoms. The van der Waals surface area contributed by atoms with Gasteiger partial charge in [-0.2, -0.15) is 4.98 Å². The van der Waals surface area contributed by atoms with Crippen LogP contribution < -0.4 is 15.1 Å². The van der Waals surface area contributed by atoms with Crippen molar-refractivity contribution in [3.8, 4) is 0 Å². The summed E-state index contributed by atoms with van der Waals surface area (Å²) in [5.74, 6) is 1.73. The molecule has 0 aromatic carbocycles. The summed E-state index contributed by atoms with van der Waals surface area (Å²) < 4.78 is 6.58. The predicted molar refractivity (Wildman–Crippen MR) is 96.8 cm³/mol. The van der Waals surface area contributed by atoms with E-state index >= 15 is 0 Å². The number of amides is 1. The molecule has 2 aliphatic heterocycles. The van der Waals surface area contributed by atoms with Crippen LogP contribution in [0, 0.1) is 0 Å². The van der Waals surface area contributed by atoms with Crippen LogP contribution in [-0.4, -0.2) is 66.6 Å². The van der Waals surface area contributed by atoms with Crippen LogP contribution in [0.1, 0.15) is 12.8 Å². The summed E-state index contributed by atoms with van der Waals surface area (Å²) in [5, 5.41) is 13.5. The van der Waals surface area contributed by atoms with Crippen molar-refractivity contribution in [1.29, 1.82) is 0 Å². The maximum Gasteiger partial charge on any atom is 0.404 e. The average molecular weight is 363 g/mol. The SMILES string of the molecule is O=C(O)NC1CCN(c2nc(N3CCOCC3)c3sccc3n2)CC1. The number of piperidine rings is 1. The van der Waals surface area contributed by atoms with E-state index in [9.17, 15) is 4.79 Å². The quantitative estimate of drug-likeness (QED) is 0.859. The highest BCUT2D eigenvalue weighted by atomic mass is 32.1. The second kappa shape index (κ2) is 7.01. The molecule has 134 valence electrons. The summed E-state index contributed by atoms with van der Waals surface area (Å²) in [7, 11) is 0. The van der Waals surface area contributed by atoms with E-state index in [1.165, 1.54) is 0 Å². The molecule has 0 bridgehead atoms. The number of anilines is 2. The number of rotatable bonds is 3. The highest BCUT2D eigenvalue weighted by molar-refractivity contribution is 7.17. The molecule has 2 saturated heterocycles. The monoisotopic (exact) mass is 363 g/mol. The summed E-state index contributed by atoms with van der Waals surface area (Å²) >= 11 is 1.67. The Labute approximate surface area is 149 Å². The molecule has 0 aliphatic carbocycles. The number of morpholine rings is 1. The maximum atomic E-state index is 10.8. The Hall–Kier alpha value is -2.13. The van der Waals surface area contributed by atoms with Gasteiger partial charge >= 0.3 is 6.09 Å². The summed E-state index contributed by atoms with van der Waals surface area (Å²) in [4.78, 5) is 24.8. The number of fused-ring (bicyclic) bond motifs is 1. The number of hydrogen-bond acceptors (Lipinski definition) is 7. The van der Waals surface area contributed by atoms with E-state index in [1.807, 2.05) is 6.07 Å². The number of nitrogens with one attached hydrogen (secondary N) is 1. The largest absolute Gasteiger partial charge is 0.465 e. The highest BCUT2D eigenvalue weighted by Crippen LogP contribution is 2.32. The van der Waals surface area contributed by atoms with Crippen molar-refractivity contribution in [2.24, 2.45) is 0 Å². The summed E-state index contributed by atoms with van der Waals surface area (Å²) in [5.41, 5.74) is 0.974. The lowest BCUT2D eigenvalue weighted by molar-refractivity contribution is 0.122. The number of nitrogens with zero attached hydrogens (tertiary/aromatic N) is 4. The molecular weight excluding hydrogens is 342 g/mol. The standard InChI is InChI=1S/C16H21N5O3S/c22-16(23)17-11-1-4-21(5-2-11)15-18-12-3-10-25-13(12)14(19-15)20-6-8-24-9-7-20/h3,10-11,17H,1-2,4-9H2,(H,22,23). The molecule has 1 amide bonds. The molecule has 0 saturated carbocycles. The Morgan fingerprint density at radius 1 is 1.20 bits per heavy atom. The van der Waals surface area contributed by atoms with Crippen LogP contribution in [0.4, 0.5) is 16.6 Å². The lowest BCUT2D eigenvalue weighted by Gasteiger charge is -2.33. The van der Waals surface area contributed by atoms with Gasteiger partial charge in [0.25, 0.3) is 0 Å². The minimum atomic E-state index is -0.955. The van der Waals surface area contributed by atoms with Crippen LogP contribution >= 0.6 is 11.3 Å². The van der Waals surface area contributed by atoms with Crippen molar-refractivity contribution in [3.05, 3.63) is 11.4 Å². The zero-order valence-corrected chi connectivity index (χ0v) is 14.7. The predicted octanol–water partition coefficient (Wildman–Crippen LogP) is 1.76. The van der Waals surface area contributed by atoms with Gasteiger partial charge in [0.1, 0.15) is 0 Å². The Morgan fingerprint density at radius 2 is 1.96 bits per heavy atom. The van der Waals surface area contributed by atoms with E-state index in [4.69, 9.17) is 19.8 Å². The number of thiophene rings is 1. The van der Waals surface area contributed by atoms with Gasteiger partial charge in [0.2, 0.25) is 5.95 Å². The first-order chi connectivity index (χ1) is 12.2. The van der Waals surface area contributed by atoms with Crippen LogP contribution in [0.25, 0.3) is 10.2 Å². The third-order valence-electron chi connectivity index (χ3n) is 4.69. The minimum absolute atomic E-state index is 0.0114. The van der Waals surface area contributed by atoms with Gasteiger partial charge in [-0.1, -0.05) is 0 Å². The summed E-state index contributed by atoms with van der Waals surface area (Å²) in [6.07, 6.45) is 0.582. The molecule has 0 atom stereocenters. The van der Waals surface area contributed by atoms with Gasteiger partial charge in [0.15, 0.2) is 5.82 Å². The number of ether oxygens (including phenoxy) is 1. The van der Waals surface area contributed by atoms with Crippen molar-refractivity contribution >= 4 is 39.4 Å². The summed E-state index contributed by atoms with van der Waals surface area (Å²) in [6, 6.07) is 2.05. The topological polar surface area (TPSA) is 90.8 Å². The third-order valence-corrected chi connectivity index (χ3v) is 5.59. The number of carboxylic acid groups (broad SMARTS) is 1. The lowest BCUT2D eigenvalue weighted by atomic mass is 10.1. The first kappa shape index (κ1) is 16.3. The van der Waals surface area contributed by atoms with Crippen molar-refractivity contribution in [1.82, 2.24) is 15.3 Å². The number of hydrogen-bond donors (Lipinski definition) is 2. The van der Waals surface area contributed by atoms with Gasteiger partial charge < -0.3 is 25.0 Å². The Balaban J connectivity index is 1.57. The molecule has 2 aliphatic rings. The smallest absolute Gasteiger partial charge is 0.404 e. The molecule has 2 fully saturated rings. The van der Waals surface area contributed by atoms with Gasteiger partial charge in [-0.15, -0.1) is 11.3 Å². The van der Waals surface area contributed by atoms with Gasteiger partial charge in [-0.3, -0.25) is 0 Å². The second-order valence-corrected chi connectivity index (χ2v) is 7.21. The minimum Gasteiger partial charge on any atom is -0.465 e. The van der Waals surface area contributed by atoms with Crippen molar-refractivity contribution < 1.29 is 14.6 Å². The average Bonchev–Trinajstić information content (AvgIpc) is 3.10. The van der Waals surface area contributed by atoms with Gasteiger partial charge in [-0.25, -0.2) is 9.78 Å². The lowest BCUT2D eigenvalue weighted by Crippen LogP contribution is -2.45. The van der Waals surface area contributed by atoms with E-state index in [-0.39, 0.29) is 6.04 Å². The highest BCUT2D eigenvalue weighted by Gasteiger charge is 2.24. The molecule has 2 N–H and O–H groups in total. The first-order valence-electron chi connectivity index (χ1n) is 8.53. The van der Waals surface area contributed by atoms with Crippen molar-refractivity contribution in [2.75, 3.05) is 49.2 Å². The molecule has 0 unspecified atom stereocenters.